The third-order valence-electron chi connectivity index (χ3n) is 5.06. The van der Waals surface area contributed by atoms with Crippen molar-refractivity contribution in [2.75, 3.05) is 25.5 Å². The highest BCUT2D eigenvalue weighted by Gasteiger charge is 2.46. The predicted molar refractivity (Wildman–Crippen MR) is 99.4 cm³/mol. The Kier molecular flexibility index (Phi) is 5.87. The Morgan fingerprint density at radius 1 is 1.18 bits per heavy atom. The minimum absolute atomic E-state index is 0.0132. The highest BCUT2D eigenvalue weighted by molar-refractivity contribution is 6.05. The van der Waals surface area contributed by atoms with Crippen LogP contribution < -0.4 is 5.32 Å². The van der Waals surface area contributed by atoms with Crippen molar-refractivity contribution in [2.45, 2.75) is 19.3 Å². The summed E-state index contributed by atoms with van der Waals surface area (Å²) in [4.78, 5) is 51.5. The van der Waals surface area contributed by atoms with Gasteiger partial charge in [-0.15, -0.1) is 0 Å². The molecule has 1 heterocycles. The fourth-order valence-electron chi connectivity index (χ4n) is 3.56. The minimum atomic E-state index is -0.474. The Labute approximate surface area is 162 Å². The van der Waals surface area contributed by atoms with E-state index in [0.29, 0.717) is 18.5 Å². The molecule has 1 aliphatic heterocycles. The van der Waals surface area contributed by atoms with Crippen LogP contribution in [0.1, 0.15) is 19.3 Å². The zero-order valence-corrected chi connectivity index (χ0v) is 15.6. The molecule has 1 aliphatic carbocycles. The van der Waals surface area contributed by atoms with E-state index in [1.165, 1.54) is 35.0 Å². The monoisotopic (exact) mass is 387 g/mol. The van der Waals surface area contributed by atoms with E-state index in [1.54, 1.807) is 6.07 Å². The second-order valence-corrected chi connectivity index (χ2v) is 7.04. The van der Waals surface area contributed by atoms with E-state index in [-0.39, 0.29) is 49.1 Å². The van der Waals surface area contributed by atoms with Crippen LogP contribution in [0.3, 0.4) is 0 Å². The van der Waals surface area contributed by atoms with E-state index in [0.717, 1.165) is 0 Å². The van der Waals surface area contributed by atoms with Gasteiger partial charge in [-0.2, -0.15) is 0 Å². The molecule has 1 aromatic rings. The van der Waals surface area contributed by atoms with Crippen LogP contribution in [-0.2, 0) is 19.2 Å². The largest absolute Gasteiger partial charge is 0.336 e. The molecule has 28 heavy (non-hydrogen) atoms. The first-order valence-corrected chi connectivity index (χ1v) is 9.16. The van der Waals surface area contributed by atoms with Gasteiger partial charge in [-0.05, 0) is 31.0 Å². The predicted octanol–water partition coefficient (Wildman–Crippen LogP) is 1.56. The third kappa shape index (κ3) is 4.27. The molecular weight excluding hydrogens is 365 g/mol. The van der Waals surface area contributed by atoms with Gasteiger partial charge >= 0.3 is 0 Å². The Morgan fingerprint density at radius 3 is 2.43 bits per heavy atom. The Hall–Kier alpha value is -3.03. The standard InChI is InChI=1S/C20H22FN3O4/c1-23(12-17(25)22-14-6-4-5-13(21)11-14)18(26)9-10-24-19(27)15-7-2-3-8-16(15)20(24)28/h2-6,11,15-16H,7-10,12H2,1H3,(H,22,25). The molecule has 1 saturated heterocycles. The van der Waals surface area contributed by atoms with Crippen molar-refractivity contribution in [1.29, 1.82) is 0 Å². The fourth-order valence-corrected chi connectivity index (χ4v) is 3.56. The number of anilines is 1. The molecule has 1 aromatic carbocycles. The molecule has 2 atom stereocenters. The smallest absolute Gasteiger partial charge is 0.243 e. The molecule has 0 saturated carbocycles. The molecule has 2 unspecified atom stereocenters. The first-order chi connectivity index (χ1) is 13.4. The van der Waals surface area contributed by atoms with Crippen LogP contribution in [0.2, 0.25) is 0 Å². The molecule has 0 bridgehead atoms. The number of nitrogens with zero attached hydrogens (tertiary/aromatic N) is 2. The van der Waals surface area contributed by atoms with E-state index in [2.05, 4.69) is 5.32 Å². The van der Waals surface area contributed by atoms with Gasteiger partial charge in [-0.1, -0.05) is 18.2 Å². The maximum absolute atomic E-state index is 13.2. The van der Waals surface area contributed by atoms with Crippen molar-refractivity contribution < 1.29 is 23.6 Å². The van der Waals surface area contributed by atoms with E-state index in [1.807, 2.05) is 12.2 Å². The Bertz CT molecular complexity index is 812. The molecule has 148 valence electrons. The number of benzene rings is 1. The topological polar surface area (TPSA) is 86.8 Å². The van der Waals surface area contributed by atoms with Gasteiger partial charge in [-0.3, -0.25) is 24.1 Å². The normalized spacial score (nSPS) is 20.9. The van der Waals surface area contributed by atoms with Crippen LogP contribution in [0, 0.1) is 17.7 Å². The number of hydrogen-bond donors (Lipinski definition) is 1. The molecule has 2 aliphatic rings. The number of likely N-dealkylation sites (N-methyl/N-ethyl adjacent to an activating group) is 1. The number of allylic oxidation sites excluding steroid dienone is 2. The lowest BCUT2D eigenvalue weighted by Gasteiger charge is -2.19. The molecular formula is C20H22FN3O4. The van der Waals surface area contributed by atoms with Gasteiger partial charge in [0, 0.05) is 25.7 Å². The Balaban J connectivity index is 1.48. The summed E-state index contributed by atoms with van der Waals surface area (Å²) in [5.74, 6) is -2.38. The van der Waals surface area contributed by atoms with E-state index in [9.17, 15) is 23.6 Å². The molecule has 3 rings (SSSR count). The summed E-state index contributed by atoms with van der Waals surface area (Å²) in [6, 6.07) is 5.45. The fraction of sp³-hybridized carbons (Fsp3) is 0.400. The zero-order valence-electron chi connectivity index (χ0n) is 15.6. The summed E-state index contributed by atoms with van der Waals surface area (Å²) in [6.07, 6.45) is 4.88. The summed E-state index contributed by atoms with van der Waals surface area (Å²) >= 11 is 0. The van der Waals surface area contributed by atoms with E-state index in [4.69, 9.17) is 0 Å². The zero-order chi connectivity index (χ0) is 20.3. The number of carbonyl (C=O) groups excluding carboxylic acids is 4. The van der Waals surface area contributed by atoms with Gasteiger partial charge in [0.05, 0.1) is 18.4 Å². The second-order valence-electron chi connectivity index (χ2n) is 7.04. The summed E-state index contributed by atoms with van der Waals surface area (Å²) < 4.78 is 13.2. The lowest BCUT2D eigenvalue weighted by atomic mass is 9.85. The van der Waals surface area contributed by atoms with Crippen LogP contribution in [0.5, 0.6) is 0 Å². The average Bonchev–Trinajstić information content (AvgIpc) is 2.90. The molecule has 1 fully saturated rings. The van der Waals surface area contributed by atoms with Crippen LogP contribution >= 0.6 is 0 Å². The summed E-state index contributed by atoms with van der Waals surface area (Å²) in [5, 5.41) is 2.52. The van der Waals surface area contributed by atoms with Crippen molar-refractivity contribution in [3.63, 3.8) is 0 Å². The number of imide groups is 1. The first kappa shape index (κ1) is 19.7. The van der Waals surface area contributed by atoms with Crippen molar-refractivity contribution in [3.8, 4) is 0 Å². The van der Waals surface area contributed by atoms with E-state index >= 15 is 0 Å². The Morgan fingerprint density at radius 2 is 1.82 bits per heavy atom. The van der Waals surface area contributed by atoms with Gasteiger partial charge in [0.2, 0.25) is 23.6 Å². The van der Waals surface area contributed by atoms with Gasteiger partial charge in [0.15, 0.2) is 0 Å². The summed E-state index contributed by atoms with van der Waals surface area (Å²) in [6.45, 7) is -0.203. The van der Waals surface area contributed by atoms with E-state index < -0.39 is 11.7 Å². The van der Waals surface area contributed by atoms with Crippen LogP contribution in [0.25, 0.3) is 0 Å². The second kappa shape index (κ2) is 8.33. The number of hydrogen-bond acceptors (Lipinski definition) is 4. The number of carbonyl (C=O) groups is 4. The average molecular weight is 387 g/mol. The summed E-state index contributed by atoms with van der Waals surface area (Å²) in [5.41, 5.74) is 0.301. The van der Waals surface area contributed by atoms with Crippen molar-refractivity contribution in [3.05, 3.63) is 42.2 Å². The highest BCUT2D eigenvalue weighted by Crippen LogP contribution is 2.35. The van der Waals surface area contributed by atoms with Gasteiger partial charge in [0.25, 0.3) is 0 Å². The maximum atomic E-state index is 13.2. The molecule has 0 aromatic heterocycles. The molecule has 7 nitrogen and oxygen atoms in total. The number of likely N-dealkylation sites (tertiary alicyclic amines) is 1. The van der Waals surface area contributed by atoms with Crippen LogP contribution in [0.4, 0.5) is 10.1 Å². The number of halogens is 1. The van der Waals surface area contributed by atoms with Crippen molar-refractivity contribution in [1.82, 2.24) is 9.80 Å². The molecule has 0 radical (unpaired) electrons. The molecule has 8 heteroatoms. The molecule has 0 spiro atoms. The van der Waals surface area contributed by atoms with Crippen LogP contribution in [-0.4, -0.2) is 53.6 Å². The number of amides is 4. The highest BCUT2D eigenvalue weighted by atomic mass is 19.1. The quantitative estimate of drug-likeness (QED) is 0.593. The maximum Gasteiger partial charge on any atom is 0.243 e. The number of rotatable bonds is 6. The van der Waals surface area contributed by atoms with Crippen molar-refractivity contribution in [2.24, 2.45) is 11.8 Å². The third-order valence-corrected chi connectivity index (χ3v) is 5.06. The van der Waals surface area contributed by atoms with Gasteiger partial charge < -0.3 is 10.2 Å². The molecule has 4 amide bonds. The van der Waals surface area contributed by atoms with Crippen LogP contribution in [0.15, 0.2) is 36.4 Å². The number of fused-ring (bicyclic) bond motifs is 1. The minimum Gasteiger partial charge on any atom is -0.336 e. The lowest BCUT2D eigenvalue weighted by molar-refractivity contribution is -0.141. The van der Waals surface area contributed by atoms with Gasteiger partial charge in [-0.25, -0.2) is 4.39 Å². The molecule has 1 N–H and O–H groups in total. The first-order valence-electron chi connectivity index (χ1n) is 9.16. The summed E-state index contributed by atoms with van der Waals surface area (Å²) in [7, 11) is 1.46. The van der Waals surface area contributed by atoms with Gasteiger partial charge in [0.1, 0.15) is 5.82 Å². The SMILES string of the molecule is CN(CC(=O)Nc1cccc(F)c1)C(=O)CCN1C(=O)C2CC=CCC2C1=O. The van der Waals surface area contributed by atoms with Crippen molar-refractivity contribution >= 4 is 29.3 Å². The lowest BCUT2D eigenvalue weighted by Crippen LogP contribution is -2.38. The number of nitrogens with one attached hydrogen (secondary N) is 1.